The van der Waals surface area contributed by atoms with Crippen LogP contribution >= 0.6 is 11.8 Å². The van der Waals surface area contributed by atoms with Crippen LogP contribution in [0, 0.1) is 5.82 Å². The Labute approximate surface area is 98.1 Å². The fourth-order valence-corrected chi connectivity index (χ4v) is 5.15. The molecule has 1 atom stereocenters. The lowest BCUT2D eigenvalue weighted by Crippen LogP contribution is -2.06. The van der Waals surface area contributed by atoms with Gasteiger partial charge in [0.05, 0.1) is 17.2 Å². The van der Waals surface area contributed by atoms with Gasteiger partial charge in [-0.2, -0.15) is 0 Å². The molecule has 1 aliphatic heterocycles. The fraction of sp³-hybridized carbons (Fsp3) is 0.400. The van der Waals surface area contributed by atoms with Gasteiger partial charge in [-0.25, -0.2) is 12.8 Å². The van der Waals surface area contributed by atoms with Crippen molar-refractivity contribution >= 4 is 27.3 Å². The Morgan fingerprint density at radius 1 is 1.44 bits per heavy atom. The molecule has 0 aromatic heterocycles. The summed E-state index contributed by atoms with van der Waals surface area (Å²) in [6.45, 7) is 0. The van der Waals surface area contributed by atoms with E-state index in [4.69, 9.17) is 5.73 Å². The third kappa shape index (κ3) is 2.68. The highest BCUT2D eigenvalue weighted by Gasteiger charge is 2.28. The lowest BCUT2D eigenvalue weighted by atomic mass is 10.3. The van der Waals surface area contributed by atoms with Gasteiger partial charge in [0, 0.05) is 10.1 Å². The van der Waals surface area contributed by atoms with Crippen LogP contribution in [0.25, 0.3) is 0 Å². The van der Waals surface area contributed by atoms with Gasteiger partial charge in [-0.1, -0.05) is 0 Å². The summed E-state index contributed by atoms with van der Waals surface area (Å²) in [6, 6.07) is 4.57. The van der Waals surface area contributed by atoms with Gasteiger partial charge in [0.25, 0.3) is 0 Å². The highest BCUT2D eigenvalue weighted by Crippen LogP contribution is 2.31. The Morgan fingerprint density at radius 2 is 2.19 bits per heavy atom. The van der Waals surface area contributed by atoms with E-state index in [1.54, 1.807) is 6.07 Å². The number of hydrogen-bond acceptors (Lipinski definition) is 4. The summed E-state index contributed by atoms with van der Waals surface area (Å²) in [5, 5.41) is 0.0352. The molecule has 2 rings (SSSR count). The molecular formula is C10H12FNO2S2. The minimum absolute atomic E-state index is 0.0352. The third-order valence-corrected chi connectivity index (χ3v) is 5.71. The lowest BCUT2D eigenvalue weighted by Gasteiger charge is -2.07. The van der Waals surface area contributed by atoms with Crippen LogP contribution in [-0.2, 0) is 9.84 Å². The zero-order valence-electron chi connectivity index (χ0n) is 8.52. The smallest absolute Gasteiger partial charge is 0.151 e. The fourth-order valence-electron chi connectivity index (χ4n) is 1.63. The van der Waals surface area contributed by atoms with E-state index in [1.165, 1.54) is 23.9 Å². The third-order valence-electron chi connectivity index (χ3n) is 2.47. The standard InChI is InChI=1S/C10H12FNO2S2/c11-9-5-7(1-2-10(9)12)15-8-3-4-16(13,14)6-8/h1-2,5,8H,3-4,6,12H2. The quantitative estimate of drug-likeness (QED) is 0.823. The van der Waals surface area contributed by atoms with Crippen LogP contribution in [0.5, 0.6) is 0 Å². The normalized spacial score (nSPS) is 23.4. The number of nitrogen functional groups attached to an aromatic ring is 1. The molecule has 88 valence electrons. The van der Waals surface area contributed by atoms with Crippen molar-refractivity contribution in [3.05, 3.63) is 24.0 Å². The van der Waals surface area contributed by atoms with Gasteiger partial charge in [-0.15, -0.1) is 11.8 Å². The second kappa shape index (κ2) is 4.25. The van der Waals surface area contributed by atoms with Crippen molar-refractivity contribution in [3.63, 3.8) is 0 Å². The van der Waals surface area contributed by atoms with Gasteiger partial charge in [0.15, 0.2) is 9.84 Å². The number of anilines is 1. The van der Waals surface area contributed by atoms with Crippen molar-refractivity contribution < 1.29 is 12.8 Å². The highest BCUT2D eigenvalue weighted by atomic mass is 32.2. The van der Waals surface area contributed by atoms with Crippen LogP contribution in [0.2, 0.25) is 0 Å². The summed E-state index contributed by atoms with van der Waals surface area (Å²) in [7, 11) is -2.87. The first-order valence-electron chi connectivity index (χ1n) is 4.88. The molecule has 1 aliphatic rings. The molecule has 1 heterocycles. The largest absolute Gasteiger partial charge is 0.396 e. The molecule has 0 radical (unpaired) electrons. The zero-order chi connectivity index (χ0) is 11.8. The van der Waals surface area contributed by atoms with Crippen molar-refractivity contribution in [2.24, 2.45) is 0 Å². The number of rotatable bonds is 2. The van der Waals surface area contributed by atoms with Gasteiger partial charge < -0.3 is 5.73 Å². The molecule has 6 heteroatoms. The van der Waals surface area contributed by atoms with E-state index >= 15 is 0 Å². The molecule has 1 saturated heterocycles. The molecule has 3 nitrogen and oxygen atoms in total. The lowest BCUT2D eigenvalue weighted by molar-refractivity contribution is 0.602. The molecule has 16 heavy (non-hydrogen) atoms. The minimum Gasteiger partial charge on any atom is -0.396 e. The van der Waals surface area contributed by atoms with Crippen molar-refractivity contribution in [2.75, 3.05) is 17.2 Å². The summed E-state index contributed by atoms with van der Waals surface area (Å²) in [6.07, 6.45) is 0.638. The SMILES string of the molecule is Nc1ccc(SC2CCS(=O)(=O)C2)cc1F. The minimum atomic E-state index is -2.87. The molecule has 1 aromatic rings. The number of thioether (sulfide) groups is 1. The first kappa shape index (κ1) is 11.7. The second-order valence-corrected chi connectivity index (χ2v) is 7.43. The van der Waals surface area contributed by atoms with E-state index in [1.807, 2.05) is 0 Å². The van der Waals surface area contributed by atoms with Gasteiger partial charge in [-0.05, 0) is 24.6 Å². The number of halogens is 1. The van der Waals surface area contributed by atoms with Crippen LogP contribution in [0.1, 0.15) is 6.42 Å². The van der Waals surface area contributed by atoms with Crippen molar-refractivity contribution in [3.8, 4) is 0 Å². The molecule has 0 saturated carbocycles. The van der Waals surface area contributed by atoms with E-state index in [0.29, 0.717) is 6.42 Å². The van der Waals surface area contributed by atoms with Crippen molar-refractivity contribution in [1.29, 1.82) is 0 Å². The predicted molar refractivity (Wildman–Crippen MR) is 63.7 cm³/mol. The predicted octanol–water partition coefficient (Wildman–Crippen LogP) is 1.69. The highest BCUT2D eigenvalue weighted by molar-refractivity contribution is 8.01. The first-order chi connectivity index (χ1) is 7.46. The monoisotopic (exact) mass is 261 g/mol. The second-order valence-electron chi connectivity index (χ2n) is 3.83. The molecular weight excluding hydrogens is 249 g/mol. The average Bonchev–Trinajstić information content (AvgIpc) is 2.52. The van der Waals surface area contributed by atoms with E-state index in [0.717, 1.165) is 4.90 Å². The van der Waals surface area contributed by atoms with Gasteiger partial charge in [0.1, 0.15) is 5.82 Å². The van der Waals surface area contributed by atoms with Crippen LogP contribution in [0.15, 0.2) is 23.1 Å². The molecule has 0 spiro atoms. The molecule has 0 aliphatic carbocycles. The topological polar surface area (TPSA) is 60.2 Å². The number of benzene rings is 1. The van der Waals surface area contributed by atoms with E-state index in [2.05, 4.69) is 0 Å². The molecule has 0 amide bonds. The number of nitrogens with two attached hydrogens (primary N) is 1. The summed E-state index contributed by atoms with van der Waals surface area (Å²) < 4.78 is 35.6. The first-order valence-corrected chi connectivity index (χ1v) is 7.58. The Morgan fingerprint density at radius 3 is 2.75 bits per heavy atom. The van der Waals surface area contributed by atoms with Crippen LogP contribution in [0.3, 0.4) is 0 Å². The van der Waals surface area contributed by atoms with E-state index < -0.39 is 15.7 Å². The maximum Gasteiger partial charge on any atom is 0.151 e. The summed E-state index contributed by atoms with van der Waals surface area (Å²) in [4.78, 5) is 0.730. The summed E-state index contributed by atoms with van der Waals surface area (Å²) >= 11 is 1.40. The van der Waals surface area contributed by atoms with Crippen molar-refractivity contribution in [1.82, 2.24) is 0 Å². The summed E-state index contributed by atoms with van der Waals surface area (Å²) in [5.41, 5.74) is 5.47. The van der Waals surface area contributed by atoms with Gasteiger partial charge >= 0.3 is 0 Å². The maximum atomic E-state index is 13.1. The summed E-state index contributed by atoms with van der Waals surface area (Å²) in [5.74, 6) is -0.0305. The molecule has 2 N–H and O–H groups in total. The van der Waals surface area contributed by atoms with Crippen LogP contribution in [-0.4, -0.2) is 25.2 Å². The number of hydrogen-bond donors (Lipinski definition) is 1. The van der Waals surface area contributed by atoms with Crippen LogP contribution in [0.4, 0.5) is 10.1 Å². The average molecular weight is 261 g/mol. The molecule has 1 aromatic carbocycles. The Bertz CT molecular complexity index is 502. The molecule has 1 fully saturated rings. The van der Waals surface area contributed by atoms with E-state index in [9.17, 15) is 12.8 Å². The Hall–Kier alpha value is -0.750. The van der Waals surface area contributed by atoms with Gasteiger partial charge in [0.2, 0.25) is 0 Å². The Balaban J connectivity index is 2.08. The number of sulfone groups is 1. The van der Waals surface area contributed by atoms with Crippen LogP contribution < -0.4 is 5.73 Å². The Kier molecular flexibility index (Phi) is 3.12. The molecule has 0 bridgehead atoms. The van der Waals surface area contributed by atoms with Gasteiger partial charge in [-0.3, -0.25) is 0 Å². The zero-order valence-corrected chi connectivity index (χ0v) is 10.2. The van der Waals surface area contributed by atoms with Crippen molar-refractivity contribution in [2.45, 2.75) is 16.6 Å². The maximum absolute atomic E-state index is 13.1. The van der Waals surface area contributed by atoms with E-state index in [-0.39, 0.29) is 22.4 Å². The molecule has 1 unspecified atom stereocenters.